The summed E-state index contributed by atoms with van der Waals surface area (Å²) in [5, 5.41) is 16.9. The lowest BCUT2D eigenvalue weighted by Gasteiger charge is -2.26. The summed E-state index contributed by atoms with van der Waals surface area (Å²) in [6.45, 7) is 4.63. The number of benzene rings is 1. The number of nitrogens with one attached hydrogen (secondary N) is 2. The van der Waals surface area contributed by atoms with E-state index in [-0.39, 0.29) is 16.5 Å². The fourth-order valence-electron chi connectivity index (χ4n) is 2.08. The first-order valence-electron chi connectivity index (χ1n) is 6.85. The van der Waals surface area contributed by atoms with Gasteiger partial charge in [-0.15, -0.1) is 0 Å². The van der Waals surface area contributed by atoms with Gasteiger partial charge in [-0.05, 0) is 24.4 Å². The van der Waals surface area contributed by atoms with Gasteiger partial charge in [-0.25, -0.2) is 4.39 Å². The number of nitro groups is 1. The number of anilines is 1. The number of hydrogen-bond donors (Lipinski definition) is 2. The van der Waals surface area contributed by atoms with Gasteiger partial charge in [0.15, 0.2) is 5.11 Å². The standard InChI is InChI=1S/C13H17FN4O3S/c14-10-1-2-11(12(9-10)18(19)20)16-13(22)15-3-4-17-5-7-21-8-6-17/h1-2,9H,3-8H2,(H2,15,16,22). The van der Waals surface area contributed by atoms with E-state index in [4.69, 9.17) is 17.0 Å². The van der Waals surface area contributed by atoms with Gasteiger partial charge >= 0.3 is 0 Å². The van der Waals surface area contributed by atoms with Crippen molar-refractivity contribution in [3.05, 3.63) is 34.1 Å². The lowest BCUT2D eigenvalue weighted by molar-refractivity contribution is -0.384. The van der Waals surface area contributed by atoms with Crippen LogP contribution in [0.15, 0.2) is 18.2 Å². The van der Waals surface area contributed by atoms with Crippen molar-refractivity contribution in [2.45, 2.75) is 0 Å². The monoisotopic (exact) mass is 328 g/mol. The van der Waals surface area contributed by atoms with Gasteiger partial charge in [0.25, 0.3) is 5.69 Å². The van der Waals surface area contributed by atoms with E-state index in [1.807, 2.05) is 0 Å². The lowest BCUT2D eigenvalue weighted by atomic mass is 10.2. The number of halogens is 1. The largest absolute Gasteiger partial charge is 0.379 e. The molecule has 1 fully saturated rings. The molecule has 0 aliphatic carbocycles. The van der Waals surface area contributed by atoms with Gasteiger partial charge in [0, 0.05) is 26.2 Å². The maximum absolute atomic E-state index is 13.1. The molecule has 1 aliphatic rings. The summed E-state index contributed by atoms with van der Waals surface area (Å²) < 4.78 is 18.3. The zero-order valence-corrected chi connectivity index (χ0v) is 12.7. The Morgan fingerprint density at radius 1 is 1.45 bits per heavy atom. The van der Waals surface area contributed by atoms with E-state index in [1.165, 1.54) is 6.07 Å². The predicted octanol–water partition coefficient (Wildman–Crippen LogP) is 1.35. The van der Waals surface area contributed by atoms with Gasteiger partial charge in [-0.1, -0.05) is 0 Å². The van der Waals surface area contributed by atoms with E-state index in [0.29, 0.717) is 6.54 Å². The highest BCUT2D eigenvalue weighted by molar-refractivity contribution is 7.80. The second kappa shape index (κ2) is 7.97. The Kier molecular flexibility index (Phi) is 5.99. The van der Waals surface area contributed by atoms with Crippen molar-refractivity contribution in [3.8, 4) is 0 Å². The molecule has 2 N–H and O–H groups in total. The molecule has 0 amide bonds. The maximum Gasteiger partial charge on any atom is 0.295 e. The van der Waals surface area contributed by atoms with Crippen molar-refractivity contribution in [2.75, 3.05) is 44.7 Å². The molecule has 1 aliphatic heterocycles. The minimum atomic E-state index is -0.663. The van der Waals surface area contributed by atoms with Crippen molar-refractivity contribution in [3.63, 3.8) is 0 Å². The van der Waals surface area contributed by atoms with Crippen LogP contribution in [0.5, 0.6) is 0 Å². The number of nitro benzene ring substituents is 1. The summed E-state index contributed by atoms with van der Waals surface area (Å²) >= 11 is 5.10. The van der Waals surface area contributed by atoms with E-state index < -0.39 is 10.7 Å². The fourth-order valence-corrected chi connectivity index (χ4v) is 2.29. The Hall–Kier alpha value is -1.84. The molecular weight excluding hydrogens is 311 g/mol. The molecule has 0 aromatic heterocycles. The molecular formula is C13H17FN4O3S. The molecule has 1 aromatic carbocycles. The van der Waals surface area contributed by atoms with Gasteiger partial charge < -0.3 is 15.4 Å². The molecule has 2 rings (SSSR count). The lowest BCUT2D eigenvalue weighted by Crippen LogP contribution is -2.42. The van der Waals surface area contributed by atoms with Crippen LogP contribution >= 0.6 is 12.2 Å². The summed E-state index contributed by atoms with van der Waals surface area (Å²) in [5.41, 5.74) is -0.187. The van der Waals surface area contributed by atoms with E-state index in [2.05, 4.69) is 15.5 Å². The Bertz CT molecular complexity index is 552. The van der Waals surface area contributed by atoms with Crippen LogP contribution in [0, 0.1) is 15.9 Å². The van der Waals surface area contributed by atoms with Crippen LogP contribution in [0.3, 0.4) is 0 Å². The van der Waals surface area contributed by atoms with Crippen LogP contribution in [0.25, 0.3) is 0 Å². The summed E-state index contributed by atoms with van der Waals surface area (Å²) in [6.07, 6.45) is 0. The second-order valence-corrected chi connectivity index (χ2v) is 5.16. The van der Waals surface area contributed by atoms with Crippen molar-refractivity contribution < 1.29 is 14.1 Å². The minimum Gasteiger partial charge on any atom is -0.379 e. The Morgan fingerprint density at radius 2 is 2.18 bits per heavy atom. The highest BCUT2D eigenvalue weighted by Crippen LogP contribution is 2.24. The minimum absolute atomic E-state index is 0.162. The Morgan fingerprint density at radius 3 is 2.86 bits per heavy atom. The fraction of sp³-hybridized carbons (Fsp3) is 0.462. The summed E-state index contributed by atoms with van der Waals surface area (Å²) in [7, 11) is 0. The number of rotatable bonds is 5. The first-order chi connectivity index (χ1) is 10.6. The van der Waals surface area contributed by atoms with Gasteiger partial charge in [0.05, 0.1) is 24.2 Å². The molecule has 0 unspecified atom stereocenters. The first kappa shape index (κ1) is 16.5. The molecule has 120 valence electrons. The Labute approximate surface area is 132 Å². The van der Waals surface area contributed by atoms with Crippen LogP contribution in [0.2, 0.25) is 0 Å². The molecule has 0 saturated carbocycles. The molecule has 9 heteroatoms. The zero-order valence-electron chi connectivity index (χ0n) is 11.9. The highest BCUT2D eigenvalue weighted by Gasteiger charge is 2.16. The quantitative estimate of drug-likeness (QED) is 0.480. The maximum atomic E-state index is 13.1. The number of nitrogens with zero attached hydrogens (tertiary/aromatic N) is 2. The molecule has 1 saturated heterocycles. The van der Waals surface area contributed by atoms with E-state index in [0.717, 1.165) is 45.0 Å². The summed E-state index contributed by atoms with van der Waals surface area (Å²) in [5.74, 6) is -0.663. The smallest absolute Gasteiger partial charge is 0.295 e. The molecule has 7 nitrogen and oxygen atoms in total. The first-order valence-corrected chi connectivity index (χ1v) is 7.26. The van der Waals surface area contributed by atoms with Crippen molar-refractivity contribution >= 4 is 28.7 Å². The third-order valence-corrected chi connectivity index (χ3v) is 3.47. The number of ether oxygens (including phenoxy) is 1. The number of hydrogen-bond acceptors (Lipinski definition) is 5. The molecule has 0 atom stereocenters. The van der Waals surface area contributed by atoms with Crippen molar-refractivity contribution in [1.29, 1.82) is 0 Å². The van der Waals surface area contributed by atoms with Crippen LogP contribution in [0.1, 0.15) is 0 Å². The number of morpholine rings is 1. The SMILES string of the molecule is O=[N+]([O-])c1cc(F)ccc1NC(=S)NCCN1CCOCC1. The van der Waals surface area contributed by atoms with E-state index in [1.54, 1.807) is 0 Å². The van der Waals surface area contributed by atoms with Crippen molar-refractivity contribution in [2.24, 2.45) is 0 Å². The van der Waals surface area contributed by atoms with Crippen LogP contribution in [-0.2, 0) is 4.74 Å². The molecule has 0 bridgehead atoms. The molecule has 22 heavy (non-hydrogen) atoms. The highest BCUT2D eigenvalue weighted by atomic mass is 32.1. The normalized spacial score (nSPS) is 15.3. The molecule has 1 heterocycles. The molecule has 0 radical (unpaired) electrons. The van der Waals surface area contributed by atoms with E-state index >= 15 is 0 Å². The summed E-state index contributed by atoms with van der Waals surface area (Å²) in [4.78, 5) is 12.5. The van der Waals surface area contributed by atoms with Gasteiger partial charge in [0.1, 0.15) is 11.5 Å². The third kappa shape index (κ3) is 4.86. The topological polar surface area (TPSA) is 79.7 Å². The molecule has 1 aromatic rings. The second-order valence-electron chi connectivity index (χ2n) is 4.75. The average molecular weight is 328 g/mol. The Balaban J connectivity index is 1.82. The van der Waals surface area contributed by atoms with Gasteiger partial charge in [-0.2, -0.15) is 0 Å². The molecule has 0 spiro atoms. The predicted molar refractivity (Wildman–Crippen MR) is 84.5 cm³/mol. The average Bonchev–Trinajstić information content (AvgIpc) is 2.50. The van der Waals surface area contributed by atoms with Gasteiger partial charge in [-0.3, -0.25) is 15.0 Å². The van der Waals surface area contributed by atoms with Gasteiger partial charge in [0.2, 0.25) is 0 Å². The third-order valence-electron chi connectivity index (χ3n) is 3.22. The van der Waals surface area contributed by atoms with Crippen LogP contribution < -0.4 is 10.6 Å². The van der Waals surface area contributed by atoms with Crippen LogP contribution in [0.4, 0.5) is 15.8 Å². The zero-order chi connectivity index (χ0) is 15.9. The van der Waals surface area contributed by atoms with Crippen LogP contribution in [-0.4, -0.2) is 54.3 Å². The van der Waals surface area contributed by atoms with Crippen molar-refractivity contribution in [1.82, 2.24) is 10.2 Å². The van der Waals surface area contributed by atoms with E-state index in [9.17, 15) is 14.5 Å². The summed E-state index contributed by atoms with van der Waals surface area (Å²) in [6, 6.07) is 3.30. The number of thiocarbonyl (C=S) groups is 1.